The Bertz CT molecular complexity index is 245. The summed E-state index contributed by atoms with van der Waals surface area (Å²) in [6, 6.07) is 0. The van der Waals surface area contributed by atoms with Crippen molar-refractivity contribution in [1.82, 2.24) is 5.32 Å². The maximum atomic E-state index is 11.6. The van der Waals surface area contributed by atoms with Crippen LogP contribution in [-0.2, 0) is 9.53 Å². The number of nitrogens with two attached hydrogens (primary N) is 1. The Morgan fingerprint density at radius 3 is 2.69 bits per heavy atom. The zero-order chi connectivity index (χ0) is 12.2. The van der Waals surface area contributed by atoms with Crippen molar-refractivity contribution in [3.8, 4) is 0 Å². The second-order valence-electron chi connectivity index (χ2n) is 5.06. The molecule has 4 heteroatoms. The van der Waals surface area contributed by atoms with Crippen LogP contribution in [0.1, 0.15) is 33.1 Å². The minimum Gasteiger partial charge on any atom is -0.383 e. The SMILES string of the molecule is COCCNC1(C(N)=O)CCC(C)C(C)C1. The van der Waals surface area contributed by atoms with Gasteiger partial charge in [-0.15, -0.1) is 0 Å². The highest BCUT2D eigenvalue weighted by Gasteiger charge is 2.41. The summed E-state index contributed by atoms with van der Waals surface area (Å²) in [5, 5.41) is 3.29. The topological polar surface area (TPSA) is 64.3 Å². The molecule has 1 amide bonds. The Hall–Kier alpha value is -0.610. The van der Waals surface area contributed by atoms with Gasteiger partial charge in [0, 0.05) is 13.7 Å². The predicted molar refractivity (Wildman–Crippen MR) is 64.0 cm³/mol. The number of nitrogens with one attached hydrogen (secondary N) is 1. The summed E-state index contributed by atoms with van der Waals surface area (Å²) < 4.78 is 4.99. The molecule has 0 heterocycles. The maximum absolute atomic E-state index is 11.6. The van der Waals surface area contributed by atoms with Crippen molar-refractivity contribution in [3.63, 3.8) is 0 Å². The fourth-order valence-electron chi connectivity index (χ4n) is 2.48. The number of hydrogen-bond donors (Lipinski definition) is 2. The van der Waals surface area contributed by atoms with Gasteiger partial charge in [-0.3, -0.25) is 4.79 Å². The Kier molecular flexibility index (Phi) is 4.74. The van der Waals surface area contributed by atoms with Crippen LogP contribution >= 0.6 is 0 Å². The van der Waals surface area contributed by atoms with Gasteiger partial charge in [-0.25, -0.2) is 0 Å². The van der Waals surface area contributed by atoms with Crippen molar-refractivity contribution >= 4 is 5.91 Å². The molecule has 3 atom stereocenters. The fraction of sp³-hybridized carbons (Fsp3) is 0.917. The number of hydrogen-bond acceptors (Lipinski definition) is 3. The fourth-order valence-corrected chi connectivity index (χ4v) is 2.48. The molecule has 0 radical (unpaired) electrons. The van der Waals surface area contributed by atoms with Crippen molar-refractivity contribution in [2.75, 3.05) is 20.3 Å². The number of carbonyl (C=O) groups is 1. The molecule has 0 aromatic carbocycles. The highest BCUT2D eigenvalue weighted by atomic mass is 16.5. The number of rotatable bonds is 5. The lowest BCUT2D eigenvalue weighted by Gasteiger charge is -2.41. The second kappa shape index (κ2) is 5.64. The van der Waals surface area contributed by atoms with E-state index in [0.717, 1.165) is 19.3 Å². The van der Waals surface area contributed by atoms with E-state index in [1.807, 2.05) is 0 Å². The van der Waals surface area contributed by atoms with E-state index < -0.39 is 5.54 Å². The predicted octanol–water partition coefficient (Wildman–Crippen LogP) is 0.903. The molecular formula is C12H24N2O2. The highest BCUT2D eigenvalue weighted by Crippen LogP contribution is 2.35. The van der Waals surface area contributed by atoms with E-state index in [0.29, 0.717) is 25.0 Å². The van der Waals surface area contributed by atoms with Crippen LogP contribution in [0.3, 0.4) is 0 Å². The van der Waals surface area contributed by atoms with Crippen LogP contribution in [-0.4, -0.2) is 31.7 Å². The minimum absolute atomic E-state index is 0.220. The van der Waals surface area contributed by atoms with Crippen LogP contribution in [0.25, 0.3) is 0 Å². The molecule has 16 heavy (non-hydrogen) atoms. The third kappa shape index (κ3) is 2.95. The molecule has 1 saturated carbocycles. The third-order valence-electron chi connectivity index (χ3n) is 3.91. The highest BCUT2D eigenvalue weighted by molar-refractivity contribution is 5.84. The molecule has 0 aliphatic heterocycles. The third-order valence-corrected chi connectivity index (χ3v) is 3.91. The van der Waals surface area contributed by atoms with E-state index in [2.05, 4.69) is 19.2 Å². The molecule has 4 nitrogen and oxygen atoms in total. The molecule has 94 valence electrons. The Morgan fingerprint density at radius 1 is 1.50 bits per heavy atom. The van der Waals surface area contributed by atoms with Crippen LogP contribution in [0.2, 0.25) is 0 Å². The van der Waals surface area contributed by atoms with Gasteiger partial charge in [0.15, 0.2) is 0 Å². The second-order valence-corrected chi connectivity index (χ2v) is 5.06. The van der Waals surface area contributed by atoms with E-state index in [1.165, 1.54) is 0 Å². The largest absolute Gasteiger partial charge is 0.383 e. The number of carbonyl (C=O) groups excluding carboxylic acids is 1. The van der Waals surface area contributed by atoms with Gasteiger partial charge in [-0.1, -0.05) is 13.8 Å². The summed E-state index contributed by atoms with van der Waals surface area (Å²) in [5.74, 6) is 0.996. The Morgan fingerprint density at radius 2 is 2.19 bits per heavy atom. The number of amides is 1. The maximum Gasteiger partial charge on any atom is 0.237 e. The van der Waals surface area contributed by atoms with Gasteiger partial charge in [0.05, 0.1) is 12.1 Å². The van der Waals surface area contributed by atoms with Crippen molar-refractivity contribution in [2.24, 2.45) is 17.6 Å². The molecule has 1 fully saturated rings. The van der Waals surface area contributed by atoms with Crippen LogP contribution in [0.4, 0.5) is 0 Å². The van der Waals surface area contributed by atoms with Crippen LogP contribution < -0.4 is 11.1 Å². The van der Waals surface area contributed by atoms with Crippen molar-refractivity contribution in [3.05, 3.63) is 0 Å². The summed E-state index contributed by atoms with van der Waals surface area (Å²) in [6.45, 7) is 5.73. The quantitative estimate of drug-likeness (QED) is 0.687. The van der Waals surface area contributed by atoms with Gasteiger partial charge in [-0.05, 0) is 31.1 Å². The Balaban J connectivity index is 2.62. The van der Waals surface area contributed by atoms with Crippen molar-refractivity contribution in [2.45, 2.75) is 38.6 Å². The summed E-state index contributed by atoms with van der Waals surface area (Å²) in [6.07, 6.45) is 2.74. The first kappa shape index (κ1) is 13.5. The van der Waals surface area contributed by atoms with E-state index in [-0.39, 0.29) is 5.91 Å². The van der Waals surface area contributed by atoms with Crippen LogP contribution in [0.15, 0.2) is 0 Å². The summed E-state index contributed by atoms with van der Waals surface area (Å²) in [7, 11) is 1.66. The zero-order valence-electron chi connectivity index (χ0n) is 10.6. The number of ether oxygens (including phenoxy) is 1. The molecule has 1 rings (SSSR count). The lowest BCUT2D eigenvalue weighted by molar-refractivity contribution is -0.127. The first-order valence-electron chi connectivity index (χ1n) is 6.05. The average molecular weight is 228 g/mol. The lowest BCUT2D eigenvalue weighted by atomic mass is 9.71. The zero-order valence-corrected chi connectivity index (χ0v) is 10.6. The summed E-state index contributed by atoms with van der Waals surface area (Å²) >= 11 is 0. The van der Waals surface area contributed by atoms with E-state index >= 15 is 0 Å². The lowest BCUT2D eigenvalue weighted by Crippen LogP contribution is -2.59. The summed E-state index contributed by atoms with van der Waals surface area (Å²) in [4.78, 5) is 11.6. The molecule has 0 aromatic heterocycles. The first-order valence-corrected chi connectivity index (χ1v) is 6.05. The van der Waals surface area contributed by atoms with Gasteiger partial charge in [-0.2, -0.15) is 0 Å². The van der Waals surface area contributed by atoms with Gasteiger partial charge >= 0.3 is 0 Å². The molecule has 0 saturated heterocycles. The minimum atomic E-state index is -0.509. The van der Waals surface area contributed by atoms with Gasteiger partial charge in [0.2, 0.25) is 5.91 Å². The number of methoxy groups -OCH3 is 1. The summed E-state index contributed by atoms with van der Waals surface area (Å²) in [5.41, 5.74) is 5.04. The molecule has 0 spiro atoms. The van der Waals surface area contributed by atoms with Crippen molar-refractivity contribution < 1.29 is 9.53 Å². The van der Waals surface area contributed by atoms with Gasteiger partial charge in [0.1, 0.15) is 0 Å². The molecule has 1 aliphatic carbocycles. The molecule has 3 N–H and O–H groups in total. The monoisotopic (exact) mass is 228 g/mol. The molecule has 0 bridgehead atoms. The Labute approximate surface area is 97.9 Å². The van der Waals surface area contributed by atoms with E-state index in [1.54, 1.807) is 7.11 Å². The average Bonchev–Trinajstić information content (AvgIpc) is 2.23. The smallest absolute Gasteiger partial charge is 0.237 e. The number of primary amides is 1. The van der Waals surface area contributed by atoms with Crippen LogP contribution in [0, 0.1) is 11.8 Å². The molecular weight excluding hydrogens is 204 g/mol. The molecule has 1 aliphatic rings. The standard InChI is InChI=1S/C12H24N2O2/c1-9-4-5-12(11(13)15,8-10(9)2)14-6-7-16-3/h9-10,14H,4-8H2,1-3H3,(H2,13,15). The van der Waals surface area contributed by atoms with E-state index in [9.17, 15) is 4.79 Å². The first-order chi connectivity index (χ1) is 7.52. The van der Waals surface area contributed by atoms with Crippen LogP contribution in [0.5, 0.6) is 0 Å². The van der Waals surface area contributed by atoms with Gasteiger partial charge < -0.3 is 15.8 Å². The normalized spacial score (nSPS) is 34.9. The molecule has 0 aromatic rings. The van der Waals surface area contributed by atoms with Gasteiger partial charge in [0.25, 0.3) is 0 Å². The molecule has 3 unspecified atom stereocenters. The van der Waals surface area contributed by atoms with Crippen molar-refractivity contribution in [1.29, 1.82) is 0 Å². The van der Waals surface area contributed by atoms with E-state index in [4.69, 9.17) is 10.5 Å².